The maximum absolute atomic E-state index is 13.7. The molecule has 0 saturated carbocycles. The summed E-state index contributed by atoms with van der Waals surface area (Å²) in [4.78, 5) is 0. The van der Waals surface area contributed by atoms with Gasteiger partial charge in [0.2, 0.25) is 11.6 Å². The van der Waals surface area contributed by atoms with Crippen molar-refractivity contribution in [2.45, 2.75) is 0 Å². The van der Waals surface area contributed by atoms with E-state index in [9.17, 15) is 28.5 Å². The van der Waals surface area contributed by atoms with E-state index in [0.717, 1.165) is 18.2 Å². The van der Waals surface area contributed by atoms with Gasteiger partial charge in [0.05, 0.1) is 5.56 Å². The molecule has 0 amide bonds. The second-order valence-electron chi connectivity index (χ2n) is 3.75. The molecular formula is C12H7F3O4. The molecule has 0 saturated heterocycles. The number of hydrogen-bond donors (Lipinski definition) is 4. The van der Waals surface area contributed by atoms with Crippen molar-refractivity contribution in [2.24, 2.45) is 0 Å². The van der Waals surface area contributed by atoms with Crippen molar-refractivity contribution in [1.82, 2.24) is 0 Å². The number of phenolic OH excluding ortho intramolecular Hbond substituents is 4. The Bertz CT molecular complexity index is 621. The fourth-order valence-corrected chi connectivity index (χ4v) is 1.64. The lowest BCUT2D eigenvalue weighted by Crippen LogP contribution is -1.95. The second-order valence-corrected chi connectivity index (χ2v) is 3.75. The highest BCUT2D eigenvalue weighted by atomic mass is 19.2. The van der Waals surface area contributed by atoms with Crippen LogP contribution >= 0.6 is 0 Å². The third-order valence-corrected chi connectivity index (χ3v) is 2.46. The Kier molecular flexibility index (Phi) is 2.89. The minimum absolute atomic E-state index is 0.332. The smallest absolute Gasteiger partial charge is 0.207 e. The normalized spacial score (nSPS) is 10.7. The zero-order valence-corrected chi connectivity index (χ0v) is 9.15. The Morgan fingerprint density at radius 1 is 0.632 bits per heavy atom. The Morgan fingerprint density at radius 3 is 1.63 bits per heavy atom. The first-order valence-corrected chi connectivity index (χ1v) is 4.94. The number of hydrogen-bond acceptors (Lipinski definition) is 4. The highest BCUT2D eigenvalue weighted by Gasteiger charge is 2.26. The van der Waals surface area contributed by atoms with Crippen LogP contribution in [0.1, 0.15) is 0 Å². The van der Waals surface area contributed by atoms with Gasteiger partial charge in [-0.15, -0.1) is 0 Å². The van der Waals surface area contributed by atoms with Gasteiger partial charge in [0, 0.05) is 6.07 Å². The van der Waals surface area contributed by atoms with E-state index in [1.165, 1.54) is 0 Å². The maximum Gasteiger partial charge on any atom is 0.207 e. The number of aromatic hydroxyl groups is 4. The molecule has 2 aromatic rings. The first kappa shape index (κ1) is 12.9. The van der Waals surface area contributed by atoms with Gasteiger partial charge in [0.15, 0.2) is 17.3 Å². The Balaban J connectivity index is 2.82. The van der Waals surface area contributed by atoms with Crippen molar-refractivity contribution in [2.75, 3.05) is 0 Å². The Labute approximate surface area is 104 Å². The van der Waals surface area contributed by atoms with Gasteiger partial charge in [-0.3, -0.25) is 0 Å². The zero-order chi connectivity index (χ0) is 14.3. The van der Waals surface area contributed by atoms with Crippen molar-refractivity contribution < 1.29 is 33.6 Å². The summed E-state index contributed by atoms with van der Waals surface area (Å²) in [5, 5.41) is 36.9. The fraction of sp³-hybridized carbons (Fsp3) is 0. The molecule has 0 heterocycles. The molecule has 0 radical (unpaired) electrons. The van der Waals surface area contributed by atoms with Gasteiger partial charge in [-0.05, 0) is 17.7 Å². The molecule has 0 unspecified atom stereocenters. The lowest BCUT2D eigenvalue weighted by molar-refractivity contribution is 0.353. The molecule has 4 nitrogen and oxygen atoms in total. The van der Waals surface area contributed by atoms with E-state index in [0.29, 0.717) is 0 Å². The van der Waals surface area contributed by atoms with E-state index < -0.39 is 46.0 Å². The van der Waals surface area contributed by atoms with Gasteiger partial charge >= 0.3 is 0 Å². The van der Waals surface area contributed by atoms with E-state index in [1.54, 1.807) is 0 Å². The summed E-state index contributed by atoms with van der Waals surface area (Å²) in [6.07, 6.45) is 0. The van der Waals surface area contributed by atoms with Gasteiger partial charge < -0.3 is 20.4 Å². The van der Waals surface area contributed by atoms with E-state index in [-0.39, 0.29) is 5.56 Å². The van der Waals surface area contributed by atoms with Crippen LogP contribution < -0.4 is 0 Å². The molecule has 0 aliphatic heterocycles. The van der Waals surface area contributed by atoms with Crippen LogP contribution in [-0.4, -0.2) is 20.4 Å². The molecule has 7 heteroatoms. The van der Waals surface area contributed by atoms with Gasteiger partial charge in [-0.25, -0.2) is 4.39 Å². The average molecular weight is 272 g/mol. The lowest BCUT2D eigenvalue weighted by atomic mass is 10.0. The molecule has 0 fully saturated rings. The monoisotopic (exact) mass is 272 g/mol. The van der Waals surface area contributed by atoms with Crippen molar-refractivity contribution in [3.63, 3.8) is 0 Å². The summed E-state index contributed by atoms with van der Waals surface area (Å²) >= 11 is 0. The van der Waals surface area contributed by atoms with Crippen LogP contribution in [0.5, 0.6) is 23.0 Å². The molecular weight excluding hydrogens is 265 g/mol. The standard InChI is InChI=1S/C12H7F3O4/c13-8-7(4-1-5(16)3-6(17)2-4)11(18)9(14)10(15)12(8)19/h1-3,16-19H. The van der Waals surface area contributed by atoms with Gasteiger partial charge in [0.1, 0.15) is 11.5 Å². The third-order valence-electron chi connectivity index (χ3n) is 2.46. The molecule has 4 N–H and O–H groups in total. The number of phenols is 4. The molecule has 0 aliphatic rings. The largest absolute Gasteiger partial charge is 0.508 e. The molecule has 0 aromatic heterocycles. The molecule has 19 heavy (non-hydrogen) atoms. The van der Waals surface area contributed by atoms with Crippen LogP contribution in [0.25, 0.3) is 11.1 Å². The van der Waals surface area contributed by atoms with E-state index in [1.807, 2.05) is 0 Å². The van der Waals surface area contributed by atoms with E-state index in [4.69, 9.17) is 5.11 Å². The Morgan fingerprint density at radius 2 is 1.11 bits per heavy atom. The highest BCUT2D eigenvalue weighted by molar-refractivity contribution is 5.75. The molecule has 0 aliphatic carbocycles. The van der Waals surface area contributed by atoms with Crippen LogP contribution in [0.2, 0.25) is 0 Å². The number of benzene rings is 2. The summed E-state index contributed by atoms with van der Waals surface area (Å²) in [6, 6.07) is 2.71. The molecule has 0 bridgehead atoms. The van der Waals surface area contributed by atoms with Crippen LogP contribution in [0.15, 0.2) is 18.2 Å². The van der Waals surface area contributed by atoms with Crippen molar-refractivity contribution in [3.05, 3.63) is 35.7 Å². The van der Waals surface area contributed by atoms with E-state index in [2.05, 4.69) is 0 Å². The number of halogens is 3. The second kappa shape index (κ2) is 4.27. The van der Waals surface area contributed by atoms with Crippen molar-refractivity contribution >= 4 is 0 Å². The third kappa shape index (κ3) is 1.99. The van der Waals surface area contributed by atoms with Gasteiger partial charge in [-0.2, -0.15) is 8.78 Å². The topological polar surface area (TPSA) is 80.9 Å². The SMILES string of the molecule is Oc1cc(O)cc(-c2c(O)c(F)c(F)c(O)c2F)c1. The van der Waals surface area contributed by atoms with Crippen LogP contribution in [0.4, 0.5) is 13.2 Å². The maximum atomic E-state index is 13.7. The molecule has 0 spiro atoms. The molecule has 2 rings (SSSR count). The van der Waals surface area contributed by atoms with Crippen LogP contribution in [0, 0.1) is 17.5 Å². The average Bonchev–Trinajstić information content (AvgIpc) is 2.33. The number of rotatable bonds is 1. The van der Waals surface area contributed by atoms with Crippen LogP contribution in [-0.2, 0) is 0 Å². The summed E-state index contributed by atoms with van der Waals surface area (Å²) in [6.45, 7) is 0. The predicted octanol–water partition coefficient (Wildman–Crippen LogP) is 2.59. The molecule has 100 valence electrons. The zero-order valence-electron chi connectivity index (χ0n) is 9.15. The fourth-order valence-electron chi connectivity index (χ4n) is 1.64. The Hall–Kier alpha value is -2.57. The summed E-state index contributed by atoms with van der Waals surface area (Å²) < 4.78 is 39.9. The van der Waals surface area contributed by atoms with Crippen molar-refractivity contribution in [3.8, 4) is 34.1 Å². The summed E-state index contributed by atoms with van der Waals surface area (Å²) in [5.41, 5.74) is -1.20. The highest BCUT2D eigenvalue weighted by Crippen LogP contribution is 2.42. The van der Waals surface area contributed by atoms with Crippen LogP contribution in [0.3, 0.4) is 0 Å². The first-order chi connectivity index (χ1) is 8.82. The molecule has 0 atom stereocenters. The van der Waals surface area contributed by atoms with E-state index >= 15 is 0 Å². The van der Waals surface area contributed by atoms with Crippen molar-refractivity contribution in [1.29, 1.82) is 0 Å². The van der Waals surface area contributed by atoms with Gasteiger partial charge in [0.25, 0.3) is 0 Å². The lowest BCUT2D eigenvalue weighted by Gasteiger charge is -2.10. The minimum Gasteiger partial charge on any atom is -0.508 e. The predicted molar refractivity (Wildman–Crippen MR) is 58.4 cm³/mol. The van der Waals surface area contributed by atoms with Gasteiger partial charge in [-0.1, -0.05) is 0 Å². The summed E-state index contributed by atoms with van der Waals surface area (Å²) in [5.74, 6) is -9.33. The summed E-state index contributed by atoms with van der Waals surface area (Å²) in [7, 11) is 0. The first-order valence-electron chi connectivity index (χ1n) is 4.94. The molecule has 2 aromatic carbocycles. The quantitative estimate of drug-likeness (QED) is 0.475. The minimum atomic E-state index is -1.93.